The maximum atomic E-state index is 12.4. The van der Waals surface area contributed by atoms with Gasteiger partial charge in [0.1, 0.15) is 5.25 Å². The number of carbonyl (C=O) groups excluding carboxylic acids is 1. The van der Waals surface area contributed by atoms with Gasteiger partial charge in [0.15, 0.2) is 15.6 Å². The van der Waals surface area contributed by atoms with Crippen molar-refractivity contribution in [2.24, 2.45) is 5.92 Å². The molecule has 0 aromatic heterocycles. The molecule has 1 aromatic rings. The van der Waals surface area contributed by atoms with Gasteiger partial charge in [0.05, 0.1) is 5.75 Å². The van der Waals surface area contributed by atoms with Crippen molar-refractivity contribution in [3.8, 4) is 0 Å². The fourth-order valence-electron chi connectivity index (χ4n) is 1.96. The van der Waals surface area contributed by atoms with Crippen LogP contribution in [0.25, 0.3) is 0 Å². The van der Waals surface area contributed by atoms with Crippen LogP contribution in [0.5, 0.6) is 0 Å². The Bertz CT molecular complexity index is 586. The normalized spacial score (nSPS) is 13.5. The molecule has 112 valence electrons. The molecule has 1 rings (SSSR count). The van der Waals surface area contributed by atoms with Crippen molar-refractivity contribution < 1.29 is 13.2 Å². The van der Waals surface area contributed by atoms with Crippen LogP contribution in [0, 0.1) is 19.8 Å². The molecular weight excluding hydrogens is 272 g/mol. The van der Waals surface area contributed by atoms with Gasteiger partial charge in [-0.15, -0.1) is 0 Å². The molecule has 1 unspecified atom stereocenters. The number of carbonyl (C=O) groups is 1. The summed E-state index contributed by atoms with van der Waals surface area (Å²) in [7, 11) is -3.38. The van der Waals surface area contributed by atoms with Crippen molar-refractivity contribution in [1.29, 1.82) is 0 Å². The van der Waals surface area contributed by atoms with Crippen LogP contribution >= 0.6 is 0 Å². The summed E-state index contributed by atoms with van der Waals surface area (Å²) in [6.07, 6.45) is 0.590. The van der Waals surface area contributed by atoms with E-state index in [-0.39, 0.29) is 11.5 Å². The fourth-order valence-corrected chi connectivity index (χ4v) is 3.57. The molecule has 1 aromatic carbocycles. The highest BCUT2D eigenvalue weighted by Gasteiger charge is 2.29. The van der Waals surface area contributed by atoms with E-state index in [1.807, 2.05) is 39.8 Å². The summed E-state index contributed by atoms with van der Waals surface area (Å²) in [5.74, 6) is 0.0883. The number of aryl methyl sites for hydroxylation is 2. The third-order valence-electron chi connectivity index (χ3n) is 3.55. The first-order valence-corrected chi connectivity index (χ1v) is 8.69. The number of hydrogen-bond donors (Lipinski definition) is 0. The zero-order valence-electron chi connectivity index (χ0n) is 12.9. The van der Waals surface area contributed by atoms with E-state index in [9.17, 15) is 13.2 Å². The van der Waals surface area contributed by atoms with Crippen LogP contribution in [-0.2, 0) is 9.84 Å². The molecule has 0 saturated heterocycles. The van der Waals surface area contributed by atoms with Crippen molar-refractivity contribution >= 4 is 15.6 Å². The molecule has 4 heteroatoms. The first-order valence-electron chi connectivity index (χ1n) is 6.98. The van der Waals surface area contributed by atoms with Crippen LogP contribution in [0.1, 0.15) is 48.7 Å². The summed E-state index contributed by atoms with van der Waals surface area (Å²) in [5, 5.41) is -0.971. The largest absolute Gasteiger partial charge is 0.293 e. The minimum Gasteiger partial charge on any atom is -0.293 e. The molecule has 0 spiro atoms. The van der Waals surface area contributed by atoms with E-state index in [0.717, 1.165) is 11.1 Å². The van der Waals surface area contributed by atoms with E-state index < -0.39 is 15.1 Å². The predicted octanol–water partition coefficient (Wildman–Crippen LogP) is 3.34. The van der Waals surface area contributed by atoms with E-state index in [1.165, 1.54) is 6.92 Å². The Morgan fingerprint density at radius 3 is 2.30 bits per heavy atom. The van der Waals surface area contributed by atoms with Crippen LogP contribution in [0.4, 0.5) is 0 Å². The standard InChI is InChI=1S/C16H24O3S/c1-11(2)8-9-20(18,19)14(5)16(17)15-10-12(3)6-7-13(15)4/h6-7,10-11,14H,8-9H2,1-5H3. The first-order chi connectivity index (χ1) is 9.15. The lowest BCUT2D eigenvalue weighted by Crippen LogP contribution is -2.30. The van der Waals surface area contributed by atoms with Crippen LogP contribution in [0.3, 0.4) is 0 Å². The molecule has 0 amide bonds. The van der Waals surface area contributed by atoms with Gasteiger partial charge in [-0.2, -0.15) is 0 Å². The van der Waals surface area contributed by atoms with E-state index in [0.29, 0.717) is 17.9 Å². The van der Waals surface area contributed by atoms with Crippen molar-refractivity contribution in [3.63, 3.8) is 0 Å². The van der Waals surface area contributed by atoms with Gasteiger partial charge in [-0.05, 0) is 44.7 Å². The van der Waals surface area contributed by atoms with Gasteiger partial charge in [-0.3, -0.25) is 4.79 Å². The second-order valence-corrected chi connectivity index (χ2v) is 8.32. The summed E-state index contributed by atoms with van der Waals surface area (Å²) in [6, 6.07) is 5.55. The van der Waals surface area contributed by atoms with Gasteiger partial charge in [0.2, 0.25) is 0 Å². The van der Waals surface area contributed by atoms with E-state index in [1.54, 1.807) is 6.07 Å². The Morgan fingerprint density at radius 1 is 1.15 bits per heavy atom. The minimum atomic E-state index is -3.38. The van der Waals surface area contributed by atoms with E-state index in [4.69, 9.17) is 0 Å². The number of sulfone groups is 1. The molecule has 20 heavy (non-hydrogen) atoms. The molecule has 0 aliphatic heterocycles. The maximum Gasteiger partial charge on any atom is 0.180 e. The van der Waals surface area contributed by atoms with Gasteiger partial charge in [0, 0.05) is 5.56 Å². The lowest BCUT2D eigenvalue weighted by molar-refractivity contribution is 0.0990. The average molecular weight is 296 g/mol. The second kappa shape index (κ2) is 6.53. The molecule has 1 atom stereocenters. The lowest BCUT2D eigenvalue weighted by Gasteiger charge is -2.14. The van der Waals surface area contributed by atoms with Crippen molar-refractivity contribution in [2.75, 3.05) is 5.75 Å². The second-order valence-electron chi connectivity index (χ2n) is 5.87. The van der Waals surface area contributed by atoms with Crippen LogP contribution in [0.2, 0.25) is 0 Å². The summed E-state index contributed by atoms with van der Waals surface area (Å²) in [5.41, 5.74) is 2.31. The Hall–Kier alpha value is -1.16. The van der Waals surface area contributed by atoms with E-state index in [2.05, 4.69) is 0 Å². The van der Waals surface area contributed by atoms with Gasteiger partial charge < -0.3 is 0 Å². The number of Topliss-reactive ketones (excluding diaryl/α,β-unsaturated/α-hetero) is 1. The third-order valence-corrected chi connectivity index (χ3v) is 5.64. The average Bonchev–Trinajstić information content (AvgIpc) is 2.37. The van der Waals surface area contributed by atoms with Crippen molar-refractivity contribution in [1.82, 2.24) is 0 Å². The first kappa shape index (κ1) is 16.9. The Balaban J connectivity index is 2.99. The number of rotatable bonds is 6. The summed E-state index contributed by atoms with van der Waals surface area (Å²) >= 11 is 0. The summed E-state index contributed by atoms with van der Waals surface area (Å²) in [6.45, 7) is 9.19. The Labute approximate surface area is 122 Å². The lowest BCUT2D eigenvalue weighted by atomic mass is 10.0. The van der Waals surface area contributed by atoms with Crippen LogP contribution in [0.15, 0.2) is 18.2 Å². The molecular formula is C16H24O3S. The molecule has 0 aliphatic rings. The molecule has 0 fully saturated rings. The van der Waals surface area contributed by atoms with Gasteiger partial charge in [-0.1, -0.05) is 31.5 Å². The number of ketones is 1. The molecule has 3 nitrogen and oxygen atoms in total. The smallest absolute Gasteiger partial charge is 0.180 e. The highest BCUT2D eigenvalue weighted by molar-refractivity contribution is 7.92. The van der Waals surface area contributed by atoms with Gasteiger partial charge in [0.25, 0.3) is 0 Å². The molecule has 0 aliphatic carbocycles. The van der Waals surface area contributed by atoms with Gasteiger partial charge in [-0.25, -0.2) is 8.42 Å². The van der Waals surface area contributed by atoms with Crippen LogP contribution in [-0.4, -0.2) is 25.2 Å². The molecule has 0 radical (unpaired) electrons. The molecule has 0 heterocycles. The van der Waals surface area contributed by atoms with Crippen LogP contribution < -0.4 is 0 Å². The maximum absolute atomic E-state index is 12.4. The number of hydrogen-bond acceptors (Lipinski definition) is 3. The highest BCUT2D eigenvalue weighted by Crippen LogP contribution is 2.18. The third kappa shape index (κ3) is 4.17. The Morgan fingerprint density at radius 2 is 1.75 bits per heavy atom. The SMILES string of the molecule is Cc1ccc(C)c(C(=O)C(C)S(=O)(=O)CCC(C)C)c1. The monoisotopic (exact) mass is 296 g/mol. The van der Waals surface area contributed by atoms with Crippen molar-refractivity contribution in [3.05, 3.63) is 34.9 Å². The predicted molar refractivity (Wildman–Crippen MR) is 83.0 cm³/mol. The van der Waals surface area contributed by atoms with Gasteiger partial charge >= 0.3 is 0 Å². The summed E-state index contributed by atoms with van der Waals surface area (Å²) in [4.78, 5) is 12.4. The fraction of sp³-hybridized carbons (Fsp3) is 0.562. The minimum absolute atomic E-state index is 0.0719. The van der Waals surface area contributed by atoms with Crippen molar-refractivity contribution in [2.45, 2.75) is 46.3 Å². The molecule has 0 bridgehead atoms. The zero-order valence-corrected chi connectivity index (χ0v) is 13.8. The summed E-state index contributed by atoms with van der Waals surface area (Å²) < 4.78 is 24.5. The van der Waals surface area contributed by atoms with E-state index >= 15 is 0 Å². The topological polar surface area (TPSA) is 51.2 Å². The number of benzene rings is 1. The highest BCUT2D eigenvalue weighted by atomic mass is 32.2. The molecule has 0 saturated carbocycles. The Kier molecular flexibility index (Phi) is 5.51. The zero-order chi connectivity index (χ0) is 15.5. The quantitative estimate of drug-likeness (QED) is 0.757. The molecule has 0 N–H and O–H groups in total.